The van der Waals surface area contributed by atoms with Crippen molar-refractivity contribution in [3.63, 3.8) is 0 Å². The Morgan fingerprint density at radius 2 is 1.96 bits per heavy atom. The Morgan fingerprint density at radius 3 is 2.81 bits per heavy atom. The van der Waals surface area contributed by atoms with Crippen molar-refractivity contribution in [2.24, 2.45) is 0 Å². The van der Waals surface area contributed by atoms with E-state index in [1.165, 1.54) is 10.5 Å². The maximum atomic E-state index is 5.52. The van der Waals surface area contributed by atoms with Gasteiger partial charge in [-0.2, -0.15) is 0 Å². The van der Waals surface area contributed by atoms with Crippen LogP contribution in [0.3, 0.4) is 0 Å². The predicted octanol–water partition coefficient (Wildman–Crippen LogP) is 4.31. The van der Waals surface area contributed by atoms with Crippen LogP contribution in [-0.2, 0) is 15.2 Å². The molecule has 0 unspecified atom stereocenters. The van der Waals surface area contributed by atoms with Crippen molar-refractivity contribution in [2.45, 2.75) is 22.7 Å². The molecule has 0 atom stereocenters. The van der Waals surface area contributed by atoms with Crippen LogP contribution in [0.4, 0.5) is 0 Å². The summed E-state index contributed by atoms with van der Waals surface area (Å²) in [4.78, 5) is 13.8. The van der Waals surface area contributed by atoms with Crippen LogP contribution < -0.4 is 0 Å². The zero-order valence-corrected chi connectivity index (χ0v) is 16.7. The van der Waals surface area contributed by atoms with E-state index >= 15 is 0 Å². The summed E-state index contributed by atoms with van der Waals surface area (Å²) in [5, 5.41) is 0.928. The van der Waals surface area contributed by atoms with E-state index in [4.69, 9.17) is 9.47 Å². The van der Waals surface area contributed by atoms with Gasteiger partial charge in [0.2, 0.25) is 0 Å². The summed E-state index contributed by atoms with van der Waals surface area (Å²) in [6.45, 7) is 4.14. The fourth-order valence-electron chi connectivity index (χ4n) is 2.45. The maximum Gasteiger partial charge on any atom is 0.166 e. The maximum absolute atomic E-state index is 5.52. The smallest absolute Gasteiger partial charge is 0.166 e. The Labute approximate surface area is 162 Å². The lowest BCUT2D eigenvalue weighted by molar-refractivity contribution is 0.0790. The van der Waals surface area contributed by atoms with E-state index in [-0.39, 0.29) is 0 Å². The van der Waals surface area contributed by atoms with E-state index in [1.807, 2.05) is 30.5 Å². The number of thioether (sulfide) groups is 2. The van der Waals surface area contributed by atoms with Gasteiger partial charge in [0.15, 0.2) is 5.16 Å². The number of aromatic nitrogens is 3. The molecule has 0 amide bonds. The van der Waals surface area contributed by atoms with E-state index in [9.17, 15) is 0 Å². The van der Waals surface area contributed by atoms with Crippen molar-refractivity contribution in [3.05, 3.63) is 47.8 Å². The average molecular weight is 390 g/mol. The summed E-state index contributed by atoms with van der Waals surface area (Å²) in [5.74, 6) is 1.72. The highest BCUT2D eigenvalue weighted by molar-refractivity contribution is 7.99. The van der Waals surface area contributed by atoms with E-state index in [2.05, 4.69) is 27.9 Å². The van der Waals surface area contributed by atoms with E-state index < -0.39 is 0 Å². The van der Waals surface area contributed by atoms with Crippen LogP contribution in [0.15, 0.2) is 46.6 Å². The van der Waals surface area contributed by atoms with Gasteiger partial charge < -0.3 is 14.5 Å². The highest BCUT2D eigenvalue weighted by atomic mass is 32.2. The highest BCUT2D eigenvalue weighted by Crippen LogP contribution is 2.28. The summed E-state index contributed by atoms with van der Waals surface area (Å²) in [5.41, 5.74) is 4.40. The molecule has 0 aliphatic carbocycles. The van der Waals surface area contributed by atoms with Gasteiger partial charge in [0, 0.05) is 29.7 Å². The van der Waals surface area contributed by atoms with Crippen LogP contribution in [0.1, 0.15) is 11.3 Å². The number of hydrogen-bond donors (Lipinski definition) is 1. The number of methoxy groups -OCH3 is 1. The minimum Gasteiger partial charge on any atom is -0.382 e. The number of ether oxygens (including phenoxy) is 2. The van der Waals surface area contributed by atoms with Crippen LogP contribution in [-0.4, -0.2) is 47.6 Å². The zero-order valence-electron chi connectivity index (χ0n) is 15.0. The lowest BCUT2D eigenvalue weighted by atomic mass is 10.2. The molecule has 0 radical (unpaired) electrons. The van der Waals surface area contributed by atoms with Gasteiger partial charge in [-0.1, -0.05) is 23.9 Å². The Hall–Kier alpha value is -1.54. The van der Waals surface area contributed by atoms with Crippen molar-refractivity contribution >= 4 is 34.6 Å². The Kier molecular flexibility index (Phi) is 7.37. The second-order valence-corrected chi connectivity index (χ2v) is 7.78. The van der Waals surface area contributed by atoms with Crippen LogP contribution in [0, 0.1) is 6.92 Å². The summed E-state index contributed by atoms with van der Waals surface area (Å²) >= 11 is 3.49. The molecular weight excluding hydrogens is 366 g/mol. The number of aromatic amines is 1. The summed E-state index contributed by atoms with van der Waals surface area (Å²) < 4.78 is 10.5. The van der Waals surface area contributed by atoms with Crippen LogP contribution in [0.2, 0.25) is 0 Å². The standard InChI is InChI=1S/C19H23N3O2S2/c1-14-17(13-26-19-21-15-5-3-4-6-16(15)22-19)20-8-7-18(14)25-12-11-24-10-9-23-2/h3-8H,9-13H2,1-2H3,(H,21,22). The predicted molar refractivity (Wildman–Crippen MR) is 108 cm³/mol. The van der Waals surface area contributed by atoms with Crippen molar-refractivity contribution in [3.8, 4) is 0 Å². The summed E-state index contributed by atoms with van der Waals surface area (Å²) in [7, 11) is 1.68. The number of H-pyrrole nitrogens is 1. The van der Waals surface area contributed by atoms with Gasteiger partial charge in [-0.15, -0.1) is 11.8 Å². The third-order valence-electron chi connectivity index (χ3n) is 3.89. The van der Waals surface area contributed by atoms with Crippen molar-refractivity contribution in [1.82, 2.24) is 15.0 Å². The average Bonchev–Trinajstić information content (AvgIpc) is 3.07. The molecule has 3 aromatic rings. The van der Waals surface area contributed by atoms with Gasteiger partial charge in [-0.25, -0.2) is 4.98 Å². The number of benzene rings is 1. The molecule has 26 heavy (non-hydrogen) atoms. The van der Waals surface area contributed by atoms with Gasteiger partial charge in [0.1, 0.15) is 0 Å². The number of imidazole rings is 1. The van der Waals surface area contributed by atoms with Crippen molar-refractivity contribution < 1.29 is 9.47 Å². The SMILES string of the molecule is COCCOCCSc1ccnc(CSc2nc3ccccc3[nH]2)c1C. The van der Waals surface area contributed by atoms with Crippen LogP contribution in [0.5, 0.6) is 0 Å². The van der Waals surface area contributed by atoms with Gasteiger partial charge in [-0.05, 0) is 30.7 Å². The third kappa shape index (κ3) is 5.23. The van der Waals surface area contributed by atoms with Crippen molar-refractivity contribution in [2.75, 3.05) is 32.7 Å². The monoisotopic (exact) mass is 389 g/mol. The second-order valence-electron chi connectivity index (χ2n) is 5.68. The Morgan fingerprint density at radius 1 is 1.08 bits per heavy atom. The molecule has 0 aliphatic rings. The summed E-state index contributed by atoms with van der Waals surface area (Å²) in [6.07, 6.45) is 1.88. The number of nitrogens with one attached hydrogen (secondary N) is 1. The molecule has 0 saturated carbocycles. The molecule has 1 aromatic carbocycles. The number of nitrogens with zero attached hydrogens (tertiary/aromatic N) is 2. The molecule has 2 heterocycles. The Bertz CT molecular complexity index is 806. The summed E-state index contributed by atoms with van der Waals surface area (Å²) in [6, 6.07) is 10.2. The lowest BCUT2D eigenvalue weighted by Crippen LogP contribution is -2.04. The van der Waals surface area contributed by atoms with Crippen LogP contribution >= 0.6 is 23.5 Å². The first-order valence-corrected chi connectivity index (χ1v) is 10.5. The minimum absolute atomic E-state index is 0.641. The van der Waals surface area contributed by atoms with Crippen molar-refractivity contribution in [1.29, 1.82) is 0 Å². The number of pyridine rings is 1. The fraction of sp³-hybridized carbons (Fsp3) is 0.368. The van der Waals surface area contributed by atoms with Gasteiger partial charge in [0.05, 0.1) is 36.5 Å². The highest BCUT2D eigenvalue weighted by Gasteiger charge is 2.09. The zero-order chi connectivity index (χ0) is 18.2. The second kappa shape index (κ2) is 9.97. The first-order valence-electron chi connectivity index (χ1n) is 8.49. The van der Waals surface area contributed by atoms with Gasteiger partial charge in [0.25, 0.3) is 0 Å². The molecule has 5 nitrogen and oxygen atoms in total. The number of hydrogen-bond acceptors (Lipinski definition) is 6. The molecule has 0 spiro atoms. The minimum atomic E-state index is 0.641. The number of rotatable bonds is 10. The van der Waals surface area contributed by atoms with E-state index in [1.54, 1.807) is 30.6 Å². The van der Waals surface area contributed by atoms with Gasteiger partial charge in [-0.3, -0.25) is 4.98 Å². The molecule has 1 N–H and O–H groups in total. The molecule has 0 bridgehead atoms. The lowest BCUT2D eigenvalue weighted by Gasteiger charge is -2.10. The van der Waals surface area contributed by atoms with Crippen LogP contribution in [0.25, 0.3) is 11.0 Å². The largest absolute Gasteiger partial charge is 0.382 e. The molecule has 0 fully saturated rings. The molecular formula is C19H23N3O2S2. The topological polar surface area (TPSA) is 60.0 Å². The molecule has 2 aromatic heterocycles. The first-order chi connectivity index (χ1) is 12.8. The normalized spacial score (nSPS) is 11.3. The molecule has 0 saturated heterocycles. The molecule has 138 valence electrons. The molecule has 0 aliphatic heterocycles. The first kappa shape index (κ1) is 19.2. The van der Waals surface area contributed by atoms with Gasteiger partial charge >= 0.3 is 0 Å². The third-order valence-corrected chi connectivity index (χ3v) is 5.90. The Balaban J connectivity index is 1.54. The van der Waals surface area contributed by atoms with E-state index in [0.717, 1.165) is 40.0 Å². The molecule has 7 heteroatoms. The fourth-order valence-corrected chi connectivity index (χ4v) is 4.27. The number of para-hydroxylation sites is 2. The molecule has 3 rings (SSSR count). The number of fused-ring (bicyclic) bond motifs is 1. The van der Waals surface area contributed by atoms with E-state index in [0.29, 0.717) is 13.2 Å². The quantitative estimate of drug-likeness (QED) is 0.412.